The van der Waals surface area contributed by atoms with Gasteiger partial charge in [-0.05, 0) is 0 Å². The van der Waals surface area contributed by atoms with Crippen molar-refractivity contribution in [2.75, 3.05) is 51.2 Å². The molecule has 0 spiro atoms. The minimum Gasteiger partial charge on any atom is -0.387 e. The highest BCUT2D eigenvalue weighted by Gasteiger charge is 2.47. The summed E-state index contributed by atoms with van der Waals surface area (Å²) in [6.45, 7) is -1.28. The zero-order chi connectivity index (χ0) is 32.2. The molecule has 4 aromatic rings. The van der Waals surface area contributed by atoms with Crippen LogP contribution in [0.15, 0.2) is 25.3 Å². The van der Waals surface area contributed by atoms with Crippen molar-refractivity contribution in [1.82, 2.24) is 39.0 Å². The second-order valence-electron chi connectivity index (χ2n) is 11.0. The Bertz CT molecular complexity index is 1600. The zero-order valence-corrected chi connectivity index (χ0v) is 25.4. The summed E-state index contributed by atoms with van der Waals surface area (Å²) in [4.78, 5) is 39.2. The number of aliphatic hydroxyl groups is 4. The van der Waals surface area contributed by atoms with Crippen LogP contribution in [0.25, 0.3) is 22.3 Å². The van der Waals surface area contributed by atoms with Gasteiger partial charge in [0.1, 0.15) is 49.3 Å². The maximum atomic E-state index is 12.7. The van der Waals surface area contributed by atoms with Crippen LogP contribution in [-0.2, 0) is 23.1 Å². The van der Waals surface area contributed by atoms with Crippen LogP contribution in [0.2, 0.25) is 0 Å². The largest absolute Gasteiger partial charge is 0.472 e. The number of aliphatic hydroxyl groups excluding tert-OH is 4. The molecule has 2 aliphatic rings. The van der Waals surface area contributed by atoms with Gasteiger partial charge in [0.05, 0.1) is 25.9 Å². The van der Waals surface area contributed by atoms with Crippen molar-refractivity contribution in [1.29, 1.82) is 0 Å². The van der Waals surface area contributed by atoms with Crippen molar-refractivity contribution < 1.29 is 48.4 Å². The van der Waals surface area contributed by atoms with Gasteiger partial charge in [0.25, 0.3) is 0 Å². The molecule has 21 heteroatoms. The summed E-state index contributed by atoms with van der Waals surface area (Å²) >= 11 is 0. The molecule has 0 aliphatic carbocycles. The van der Waals surface area contributed by atoms with Crippen LogP contribution in [0.5, 0.6) is 0 Å². The van der Waals surface area contributed by atoms with Gasteiger partial charge in [-0.2, -0.15) is 0 Å². The second-order valence-corrected chi connectivity index (χ2v) is 12.4. The van der Waals surface area contributed by atoms with E-state index in [1.54, 1.807) is 38.0 Å². The summed E-state index contributed by atoms with van der Waals surface area (Å²) in [5.74, 6) is 1.07. The van der Waals surface area contributed by atoms with Crippen molar-refractivity contribution in [3.05, 3.63) is 25.3 Å². The Hall–Kier alpha value is -3.43. The van der Waals surface area contributed by atoms with Crippen LogP contribution < -0.4 is 9.80 Å². The molecule has 0 aromatic carbocycles. The first-order chi connectivity index (χ1) is 21.4. The zero-order valence-electron chi connectivity index (χ0n) is 24.5. The summed E-state index contributed by atoms with van der Waals surface area (Å²) in [6.07, 6.45) is -5.23. The molecule has 244 valence electrons. The van der Waals surface area contributed by atoms with Gasteiger partial charge in [0, 0.05) is 28.2 Å². The van der Waals surface area contributed by atoms with E-state index in [1.807, 2.05) is 0 Å². The molecule has 2 saturated heterocycles. The van der Waals surface area contributed by atoms with Crippen LogP contribution in [0.3, 0.4) is 0 Å². The first-order valence-electron chi connectivity index (χ1n) is 13.7. The number of imidazole rings is 2. The average Bonchev–Trinajstić information content (AvgIpc) is 3.76. The van der Waals surface area contributed by atoms with E-state index in [-0.39, 0.29) is 0 Å². The third-order valence-corrected chi connectivity index (χ3v) is 8.50. The van der Waals surface area contributed by atoms with Gasteiger partial charge >= 0.3 is 7.82 Å². The first kappa shape index (κ1) is 31.5. The number of nitrogens with zero attached hydrogens (tertiary/aromatic N) is 10. The van der Waals surface area contributed by atoms with E-state index in [4.69, 9.17) is 18.5 Å². The molecule has 2 fully saturated rings. The Labute approximate surface area is 255 Å². The normalized spacial score (nSPS) is 29.9. The number of anilines is 2. The van der Waals surface area contributed by atoms with Crippen molar-refractivity contribution >= 4 is 41.8 Å². The van der Waals surface area contributed by atoms with Crippen molar-refractivity contribution in [2.24, 2.45) is 0 Å². The molecule has 45 heavy (non-hydrogen) atoms. The van der Waals surface area contributed by atoms with E-state index in [2.05, 4.69) is 29.9 Å². The smallest absolute Gasteiger partial charge is 0.387 e. The van der Waals surface area contributed by atoms with Gasteiger partial charge in [-0.3, -0.25) is 18.2 Å². The predicted octanol–water partition coefficient (Wildman–Crippen LogP) is -1.83. The summed E-state index contributed by atoms with van der Waals surface area (Å²) in [5, 5.41) is 42.6. The number of hydrogen-bond donors (Lipinski definition) is 5. The highest BCUT2D eigenvalue weighted by Crippen LogP contribution is 2.46. The van der Waals surface area contributed by atoms with Gasteiger partial charge in [0.15, 0.2) is 46.4 Å². The fourth-order valence-corrected chi connectivity index (χ4v) is 6.02. The number of aromatic nitrogens is 8. The molecule has 4 aromatic heterocycles. The van der Waals surface area contributed by atoms with Crippen LogP contribution in [0.4, 0.5) is 11.6 Å². The lowest BCUT2D eigenvalue weighted by molar-refractivity contribution is -0.0608. The quantitative estimate of drug-likeness (QED) is 0.118. The van der Waals surface area contributed by atoms with Crippen LogP contribution in [0, 0.1) is 0 Å². The van der Waals surface area contributed by atoms with Gasteiger partial charge < -0.3 is 44.6 Å². The highest BCUT2D eigenvalue weighted by atomic mass is 31.2. The van der Waals surface area contributed by atoms with Gasteiger partial charge in [-0.1, -0.05) is 0 Å². The molecule has 0 amide bonds. The highest BCUT2D eigenvalue weighted by molar-refractivity contribution is 7.47. The molecule has 0 radical (unpaired) electrons. The summed E-state index contributed by atoms with van der Waals surface area (Å²) in [7, 11) is 2.33. The van der Waals surface area contributed by atoms with Crippen LogP contribution >= 0.6 is 7.82 Å². The molecule has 0 saturated carbocycles. The fourth-order valence-electron chi connectivity index (χ4n) is 5.27. The maximum Gasteiger partial charge on any atom is 0.472 e. The summed E-state index contributed by atoms with van der Waals surface area (Å²) < 4.78 is 37.2. The lowest BCUT2D eigenvalue weighted by Crippen LogP contribution is -2.34. The molecular weight excluding hydrogens is 619 g/mol. The van der Waals surface area contributed by atoms with E-state index < -0.39 is 70.1 Å². The number of phosphoric acid groups is 1. The Morgan fingerprint density at radius 3 is 1.49 bits per heavy atom. The monoisotopic (exact) mass is 652 g/mol. The minimum atomic E-state index is -4.80. The standard InChI is InChI=1S/C24H33N10O10P/c1-31(2)19-13-21(27-7-25-19)33(9-29-13)23-17(37)15(35)11(43-23)5-41-45(39,40)42-6-12-16(36)18(38)24(44-12)34-10-30-14-20(32(3)4)26-8-28-22(14)34/h7-12,15-18,23-24,35-38H,5-6H2,1-4H3,(H,39,40)/t11-,12-,15-,16-,17-,18-,23-,24-/m1/s1. The SMILES string of the molecule is CN(C)c1ncnc2c1ncn2[C@@H]1O[C@H](COP(=O)(O)OC[C@H]2O[C@@H](n3cnc4c(N(C)C)ncnc43)[C@H](O)[C@@H]2O)[C@@H](O)[C@H]1O. The van der Waals surface area contributed by atoms with Crippen molar-refractivity contribution in [2.45, 2.75) is 49.1 Å². The Morgan fingerprint density at radius 1 is 0.711 bits per heavy atom. The van der Waals surface area contributed by atoms with E-state index in [0.29, 0.717) is 34.0 Å². The predicted molar refractivity (Wildman–Crippen MR) is 153 cm³/mol. The lowest BCUT2D eigenvalue weighted by Gasteiger charge is -2.20. The van der Waals surface area contributed by atoms with Gasteiger partial charge in [-0.15, -0.1) is 0 Å². The second kappa shape index (κ2) is 12.1. The molecule has 0 bridgehead atoms. The molecule has 6 heterocycles. The maximum absolute atomic E-state index is 12.7. The average molecular weight is 653 g/mol. The third kappa shape index (κ3) is 5.74. The number of fused-ring (bicyclic) bond motifs is 2. The van der Waals surface area contributed by atoms with Gasteiger partial charge in [0.2, 0.25) is 0 Å². The minimum absolute atomic E-state index is 0.340. The molecule has 20 nitrogen and oxygen atoms in total. The Morgan fingerprint density at radius 2 is 1.11 bits per heavy atom. The molecular formula is C24H33N10O10P. The van der Waals surface area contributed by atoms with E-state index in [1.165, 1.54) is 34.4 Å². The van der Waals surface area contributed by atoms with E-state index in [0.717, 1.165) is 0 Å². The Balaban J connectivity index is 1.08. The molecule has 8 atom stereocenters. The Kier molecular flexibility index (Phi) is 8.46. The molecule has 5 N–H and O–H groups in total. The first-order valence-corrected chi connectivity index (χ1v) is 15.2. The summed E-state index contributed by atoms with van der Waals surface area (Å²) in [5.41, 5.74) is 1.56. The molecule has 0 unspecified atom stereocenters. The number of rotatable bonds is 10. The summed E-state index contributed by atoms with van der Waals surface area (Å²) in [6, 6.07) is 0. The molecule has 6 rings (SSSR count). The van der Waals surface area contributed by atoms with Crippen molar-refractivity contribution in [3.63, 3.8) is 0 Å². The van der Waals surface area contributed by atoms with Gasteiger partial charge in [-0.25, -0.2) is 34.5 Å². The lowest BCUT2D eigenvalue weighted by atomic mass is 10.1. The van der Waals surface area contributed by atoms with E-state index >= 15 is 0 Å². The number of ether oxygens (including phenoxy) is 2. The number of phosphoric ester groups is 1. The van der Waals surface area contributed by atoms with E-state index in [9.17, 15) is 29.9 Å². The third-order valence-electron chi connectivity index (χ3n) is 7.55. The van der Waals surface area contributed by atoms with Crippen LogP contribution in [0.1, 0.15) is 12.5 Å². The topological polar surface area (TPSA) is 249 Å². The number of hydrogen-bond acceptors (Lipinski definition) is 17. The van der Waals surface area contributed by atoms with Crippen molar-refractivity contribution in [3.8, 4) is 0 Å². The molecule has 2 aliphatic heterocycles. The van der Waals surface area contributed by atoms with Crippen LogP contribution in [-0.4, -0.2) is 142 Å². The fraction of sp³-hybridized carbons (Fsp3) is 0.583.